The second-order valence-electron chi connectivity index (χ2n) is 7.70. The molecule has 2 aromatic rings. The van der Waals surface area contributed by atoms with Gasteiger partial charge in [-0.3, -0.25) is 9.69 Å². The first-order chi connectivity index (χ1) is 13.1. The molecule has 4 nitrogen and oxygen atoms in total. The van der Waals surface area contributed by atoms with E-state index in [1.165, 1.54) is 37.1 Å². The Morgan fingerprint density at radius 3 is 2.24 bits per heavy atom. The van der Waals surface area contributed by atoms with Gasteiger partial charge in [-0.25, -0.2) is 0 Å². The van der Waals surface area contributed by atoms with Crippen molar-refractivity contribution in [2.24, 2.45) is 5.92 Å². The molecule has 0 radical (unpaired) electrons. The second-order valence-corrected chi connectivity index (χ2v) is 7.70. The number of anilines is 1. The number of benzene rings is 2. The first-order valence-corrected chi connectivity index (χ1v) is 10.0. The molecule has 0 bridgehead atoms. The van der Waals surface area contributed by atoms with Crippen molar-refractivity contribution in [1.82, 2.24) is 10.2 Å². The SMILES string of the molecule is CC1CCN(Cc2ccccc2CNC(=O)CCc2ccccc2N)CC1.Cl.Cl. The number of piperidine rings is 1. The number of carbonyl (C=O) groups excluding carboxylic acids is 1. The number of aryl methyl sites for hydroxylation is 1. The third-order valence-electron chi connectivity index (χ3n) is 5.54. The van der Waals surface area contributed by atoms with Crippen molar-refractivity contribution < 1.29 is 4.79 Å². The van der Waals surface area contributed by atoms with Crippen molar-refractivity contribution in [2.45, 2.75) is 45.7 Å². The number of hydrogen-bond acceptors (Lipinski definition) is 3. The zero-order valence-corrected chi connectivity index (χ0v) is 18.7. The summed E-state index contributed by atoms with van der Waals surface area (Å²) in [6.45, 7) is 6.23. The normalized spacial score (nSPS) is 14.5. The summed E-state index contributed by atoms with van der Waals surface area (Å²) in [6.07, 6.45) is 3.69. The Morgan fingerprint density at radius 1 is 1.00 bits per heavy atom. The fourth-order valence-corrected chi connectivity index (χ4v) is 3.64. The van der Waals surface area contributed by atoms with Gasteiger partial charge in [-0.05, 0) is 61.0 Å². The summed E-state index contributed by atoms with van der Waals surface area (Å²) in [4.78, 5) is 14.8. The van der Waals surface area contributed by atoms with E-state index in [9.17, 15) is 4.79 Å². The van der Waals surface area contributed by atoms with Gasteiger partial charge in [0.1, 0.15) is 0 Å². The van der Waals surface area contributed by atoms with Gasteiger partial charge in [0, 0.05) is 25.2 Å². The van der Waals surface area contributed by atoms with Crippen molar-refractivity contribution in [3.05, 3.63) is 65.2 Å². The third-order valence-corrected chi connectivity index (χ3v) is 5.54. The molecule has 0 saturated carbocycles. The minimum Gasteiger partial charge on any atom is -0.399 e. The summed E-state index contributed by atoms with van der Waals surface area (Å²) >= 11 is 0. The van der Waals surface area contributed by atoms with Gasteiger partial charge in [0.25, 0.3) is 0 Å². The fraction of sp³-hybridized carbons (Fsp3) is 0.435. The maximum atomic E-state index is 12.3. The lowest BCUT2D eigenvalue weighted by Gasteiger charge is -2.30. The number of amides is 1. The molecule has 29 heavy (non-hydrogen) atoms. The highest BCUT2D eigenvalue weighted by molar-refractivity contribution is 5.85. The minimum absolute atomic E-state index is 0. The summed E-state index contributed by atoms with van der Waals surface area (Å²) in [5.74, 6) is 0.911. The molecule has 3 N–H and O–H groups in total. The Balaban J connectivity index is 0.00000210. The number of halogens is 2. The highest BCUT2D eigenvalue weighted by atomic mass is 35.5. The lowest BCUT2D eigenvalue weighted by molar-refractivity contribution is -0.121. The molecule has 0 spiro atoms. The monoisotopic (exact) mass is 437 g/mol. The Bertz CT molecular complexity index is 761. The number of nitrogens with two attached hydrogens (primary N) is 1. The van der Waals surface area contributed by atoms with Crippen LogP contribution in [0, 0.1) is 5.92 Å². The standard InChI is InChI=1S/C23H31N3O.2ClH/c1-18-12-14-26(15-13-18)17-21-8-3-2-7-20(21)16-25-23(27)11-10-19-6-4-5-9-22(19)24;;/h2-9,18H,10-17,24H2,1H3,(H,25,27);2*1H. The van der Waals surface area contributed by atoms with E-state index in [2.05, 4.69) is 35.3 Å². The van der Waals surface area contributed by atoms with Crippen LogP contribution in [0.5, 0.6) is 0 Å². The highest BCUT2D eigenvalue weighted by Crippen LogP contribution is 2.20. The second kappa shape index (κ2) is 12.7. The zero-order valence-electron chi connectivity index (χ0n) is 17.1. The molecule has 1 aliphatic heterocycles. The van der Waals surface area contributed by atoms with Gasteiger partial charge in [-0.1, -0.05) is 49.4 Å². The molecule has 0 aliphatic carbocycles. The number of hydrogen-bond donors (Lipinski definition) is 2. The third kappa shape index (κ3) is 7.88. The van der Waals surface area contributed by atoms with Crippen molar-refractivity contribution >= 4 is 36.4 Å². The summed E-state index contributed by atoms with van der Waals surface area (Å²) in [7, 11) is 0. The molecular weight excluding hydrogens is 405 g/mol. The molecule has 1 amide bonds. The highest BCUT2D eigenvalue weighted by Gasteiger charge is 2.16. The molecule has 0 unspecified atom stereocenters. The number of likely N-dealkylation sites (tertiary alicyclic amines) is 1. The van der Waals surface area contributed by atoms with Crippen LogP contribution in [0.4, 0.5) is 5.69 Å². The van der Waals surface area contributed by atoms with E-state index >= 15 is 0 Å². The molecule has 1 fully saturated rings. The number of nitrogen functional groups attached to an aromatic ring is 1. The van der Waals surface area contributed by atoms with Crippen LogP contribution < -0.4 is 11.1 Å². The molecule has 2 aromatic carbocycles. The van der Waals surface area contributed by atoms with Gasteiger partial charge < -0.3 is 11.1 Å². The number of rotatable bonds is 7. The Morgan fingerprint density at radius 2 is 1.59 bits per heavy atom. The maximum Gasteiger partial charge on any atom is 0.220 e. The maximum absolute atomic E-state index is 12.3. The van der Waals surface area contributed by atoms with Gasteiger partial charge in [0.2, 0.25) is 5.91 Å². The van der Waals surface area contributed by atoms with Gasteiger partial charge in [-0.15, -0.1) is 24.8 Å². The van der Waals surface area contributed by atoms with Crippen LogP contribution >= 0.6 is 24.8 Å². The van der Waals surface area contributed by atoms with E-state index in [1.54, 1.807) is 0 Å². The largest absolute Gasteiger partial charge is 0.399 e. The van der Waals surface area contributed by atoms with Gasteiger partial charge in [0.15, 0.2) is 0 Å². The van der Waals surface area contributed by atoms with Crippen LogP contribution in [0.2, 0.25) is 0 Å². The fourth-order valence-electron chi connectivity index (χ4n) is 3.64. The summed E-state index contributed by atoms with van der Waals surface area (Å²) < 4.78 is 0. The van der Waals surface area contributed by atoms with Crippen LogP contribution in [-0.2, 0) is 24.3 Å². The molecule has 6 heteroatoms. The molecule has 0 aromatic heterocycles. The van der Waals surface area contributed by atoms with Gasteiger partial charge >= 0.3 is 0 Å². The van der Waals surface area contributed by atoms with Crippen LogP contribution in [0.3, 0.4) is 0 Å². The molecule has 1 saturated heterocycles. The average Bonchev–Trinajstić information content (AvgIpc) is 2.68. The lowest BCUT2D eigenvalue weighted by Crippen LogP contribution is -2.33. The summed E-state index contributed by atoms with van der Waals surface area (Å²) in [5.41, 5.74) is 10.3. The molecule has 1 aliphatic rings. The first-order valence-electron chi connectivity index (χ1n) is 10.0. The van der Waals surface area contributed by atoms with E-state index < -0.39 is 0 Å². The Kier molecular flexibility index (Phi) is 11.1. The van der Waals surface area contributed by atoms with Crippen LogP contribution in [0.25, 0.3) is 0 Å². The number of carbonyl (C=O) groups is 1. The predicted molar refractivity (Wildman–Crippen MR) is 126 cm³/mol. The van der Waals surface area contributed by atoms with Crippen molar-refractivity contribution in [3.8, 4) is 0 Å². The van der Waals surface area contributed by atoms with Crippen molar-refractivity contribution in [1.29, 1.82) is 0 Å². The first kappa shape index (κ1) is 25.3. The van der Waals surface area contributed by atoms with Crippen LogP contribution in [-0.4, -0.2) is 23.9 Å². The van der Waals surface area contributed by atoms with Crippen LogP contribution in [0.1, 0.15) is 42.9 Å². The van der Waals surface area contributed by atoms with E-state index in [1.807, 2.05) is 30.3 Å². The summed E-state index contributed by atoms with van der Waals surface area (Å²) in [6, 6.07) is 16.2. The predicted octanol–water partition coefficient (Wildman–Crippen LogP) is 4.59. The van der Waals surface area contributed by atoms with E-state index in [4.69, 9.17) is 5.73 Å². The van der Waals surface area contributed by atoms with Crippen LogP contribution in [0.15, 0.2) is 48.5 Å². The molecule has 160 valence electrons. The molecular formula is C23H33Cl2N3O. The number of nitrogens with zero attached hydrogens (tertiary/aromatic N) is 1. The average molecular weight is 438 g/mol. The summed E-state index contributed by atoms with van der Waals surface area (Å²) in [5, 5.41) is 3.08. The van der Waals surface area contributed by atoms with Crippen molar-refractivity contribution in [3.63, 3.8) is 0 Å². The Labute approximate surface area is 187 Å². The Hall–Kier alpha value is -1.75. The zero-order chi connectivity index (χ0) is 19.1. The lowest BCUT2D eigenvalue weighted by atomic mass is 9.98. The minimum atomic E-state index is 0. The van der Waals surface area contributed by atoms with E-state index in [0.717, 1.165) is 23.7 Å². The molecule has 0 atom stereocenters. The number of nitrogens with one attached hydrogen (secondary N) is 1. The van der Waals surface area contributed by atoms with E-state index in [0.29, 0.717) is 19.4 Å². The van der Waals surface area contributed by atoms with Gasteiger partial charge in [-0.2, -0.15) is 0 Å². The quantitative estimate of drug-likeness (QED) is 0.622. The smallest absolute Gasteiger partial charge is 0.220 e. The van der Waals surface area contributed by atoms with E-state index in [-0.39, 0.29) is 30.7 Å². The number of para-hydroxylation sites is 1. The topological polar surface area (TPSA) is 58.4 Å². The molecule has 1 heterocycles. The molecule has 3 rings (SSSR count). The van der Waals surface area contributed by atoms with Crippen molar-refractivity contribution in [2.75, 3.05) is 18.8 Å². The van der Waals surface area contributed by atoms with Gasteiger partial charge in [0.05, 0.1) is 0 Å².